The Morgan fingerprint density at radius 1 is 1.00 bits per heavy atom. The zero-order chi connectivity index (χ0) is 27.4. The van der Waals surface area contributed by atoms with Crippen LogP contribution >= 0.6 is 11.6 Å². The number of aromatic nitrogens is 1. The summed E-state index contributed by atoms with van der Waals surface area (Å²) >= 11 is 5.89. The Kier molecular flexibility index (Phi) is 7.67. The van der Waals surface area contributed by atoms with Crippen molar-refractivity contribution in [1.29, 1.82) is 5.26 Å². The number of hydrogen-bond acceptors (Lipinski definition) is 4. The molecule has 0 radical (unpaired) electrons. The van der Waals surface area contributed by atoms with Crippen LogP contribution in [0.3, 0.4) is 0 Å². The maximum atomic E-state index is 14.1. The highest BCUT2D eigenvalue weighted by molar-refractivity contribution is 6.30. The second-order valence-electron chi connectivity index (χ2n) is 9.12. The number of nitrogens with zero attached hydrogens (tertiary/aromatic N) is 3. The fourth-order valence-electron chi connectivity index (χ4n) is 4.53. The lowest BCUT2D eigenvalue weighted by molar-refractivity contribution is 0.0731. The van der Waals surface area contributed by atoms with Crippen molar-refractivity contribution >= 4 is 17.5 Å². The number of ether oxygens (including phenoxy) is 1. The van der Waals surface area contributed by atoms with E-state index in [9.17, 15) is 13.6 Å². The Labute approximate surface area is 229 Å². The fourth-order valence-corrected chi connectivity index (χ4v) is 4.65. The van der Waals surface area contributed by atoms with E-state index in [2.05, 4.69) is 11.1 Å². The van der Waals surface area contributed by atoms with E-state index >= 15 is 0 Å². The third-order valence-corrected chi connectivity index (χ3v) is 6.89. The molecule has 1 amide bonds. The number of amides is 1. The number of hydrogen-bond donors (Lipinski definition) is 0. The molecule has 0 aliphatic carbocycles. The van der Waals surface area contributed by atoms with Gasteiger partial charge >= 0.3 is 0 Å². The molecule has 3 aromatic carbocycles. The number of rotatable bonds is 5. The van der Waals surface area contributed by atoms with Gasteiger partial charge in [0.15, 0.2) is 11.6 Å². The van der Waals surface area contributed by atoms with Crippen molar-refractivity contribution < 1.29 is 18.3 Å². The topological polar surface area (TPSA) is 66.2 Å². The predicted octanol–water partition coefficient (Wildman–Crippen LogP) is 7.14. The summed E-state index contributed by atoms with van der Waals surface area (Å²) in [7, 11) is 0. The zero-order valence-electron chi connectivity index (χ0n) is 20.7. The number of nitriles is 1. The highest BCUT2D eigenvalue weighted by Gasteiger charge is 2.30. The SMILES string of the molecule is N#Cc1ccc(-c2ccc(C(=O)N3CC/C(=C\Oc4ccc(Cl)cn4)[C@@H](c4ccc(F)c(F)c4)C3)cc2)cc1. The standard InChI is InChI=1S/C31H22ClF2N3O2/c32-26-10-12-30(36-17-26)39-19-25-13-14-37(18-27(25)24-9-11-28(33)29(34)15-24)31(38)23-7-5-22(6-8-23)21-3-1-20(16-35)2-4-21/h1-12,15,17,19,27H,13-14,18H2/b25-19+/t27-/m1/s1. The molecule has 1 saturated heterocycles. The summed E-state index contributed by atoms with van der Waals surface area (Å²) in [6.45, 7) is 0.699. The van der Waals surface area contributed by atoms with Gasteiger partial charge in [0.05, 0.1) is 22.9 Å². The minimum Gasteiger partial charge on any atom is -0.447 e. The quantitative estimate of drug-likeness (QED) is 0.252. The van der Waals surface area contributed by atoms with Gasteiger partial charge in [-0.25, -0.2) is 13.8 Å². The number of piperidine rings is 1. The van der Waals surface area contributed by atoms with E-state index in [1.54, 1.807) is 47.6 Å². The highest BCUT2D eigenvalue weighted by atomic mass is 35.5. The summed E-state index contributed by atoms with van der Waals surface area (Å²) in [4.78, 5) is 19.3. The van der Waals surface area contributed by atoms with Crippen molar-refractivity contribution in [2.75, 3.05) is 13.1 Å². The lowest BCUT2D eigenvalue weighted by Crippen LogP contribution is -2.40. The molecule has 0 spiro atoms. The van der Waals surface area contributed by atoms with Gasteiger partial charge < -0.3 is 9.64 Å². The summed E-state index contributed by atoms with van der Waals surface area (Å²) in [6, 6.07) is 23.6. The number of likely N-dealkylation sites (tertiary alicyclic amines) is 1. The smallest absolute Gasteiger partial charge is 0.253 e. The fraction of sp³-hybridized carbons (Fsp3) is 0.129. The van der Waals surface area contributed by atoms with Crippen LogP contribution in [-0.4, -0.2) is 28.9 Å². The van der Waals surface area contributed by atoms with Gasteiger partial charge in [-0.1, -0.05) is 41.9 Å². The molecule has 5 rings (SSSR count). The second-order valence-corrected chi connectivity index (χ2v) is 9.56. The van der Waals surface area contributed by atoms with Crippen molar-refractivity contribution in [3.05, 3.63) is 130 Å². The first kappa shape index (κ1) is 26.1. The van der Waals surface area contributed by atoms with Gasteiger partial charge in [0.1, 0.15) is 0 Å². The van der Waals surface area contributed by atoms with Crippen LogP contribution < -0.4 is 4.74 Å². The summed E-state index contributed by atoms with van der Waals surface area (Å²) < 4.78 is 33.6. The Balaban J connectivity index is 1.37. The highest BCUT2D eigenvalue weighted by Crippen LogP contribution is 2.34. The molecule has 39 heavy (non-hydrogen) atoms. The molecule has 0 bridgehead atoms. The zero-order valence-corrected chi connectivity index (χ0v) is 21.4. The van der Waals surface area contributed by atoms with Crippen molar-refractivity contribution in [2.24, 2.45) is 0 Å². The van der Waals surface area contributed by atoms with Crippen molar-refractivity contribution in [3.63, 3.8) is 0 Å². The van der Waals surface area contributed by atoms with E-state index < -0.39 is 17.6 Å². The van der Waals surface area contributed by atoms with Crippen molar-refractivity contribution in [2.45, 2.75) is 12.3 Å². The van der Waals surface area contributed by atoms with Gasteiger partial charge in [-0.2, -0.15) is 5.26 Å². The first-order chi connectivity index (χ1) is 18.9. The summed E-state index contributed by atoms with van der Waals surface area (Å²) in [5, 5.41) is 9.48. The van der Waals surface area contributed by atoms with Gasteiger partial charge in [0.2, 0.25) is 5.88 Å². The largest absolute Gasteiger partial charge is 0.447 e. The van der Waals surface area contributed by atoms with E-state index in [0.29, 0.717) is 40.6 Å². The molecule has 1 aromatic heterocycles. The van der Waals surface area contributed by atoms with Gasteiger partial charge in [-0.15, -0.1) is 0 Å². The summed E-state index contributed by atoms with van der Waals surface area (Å²) in [6.07, 6.45) is 3.51. The Bertz CT molecular complexity index is 1560. The molecule has 0 saturated carbocycles. The first-order valence-electron chi connectivity index (χ1n) is 12.2. The average Bonchev–Trinajstić information content (AvgIpc) is 2.98. The average molecular weight is 542 g/mol. The molecule has 0 unspecified atom stereocenters. The molecule has 1 aliphatic rings. The second kappa shape index (κ2) is 11.5. The lowest BCUT2D eigenvalue weighted by Gasteiger charge is -2.35. The minimum absolute atomic E-state index is 0.159. The molecule has 0 N–H and O–H groups in total. The lowest BCUT2D eigenvalue weighted by atomic mass is 9.86. The number of halogens is 3. The molecule has 1 fully saturated rings. The molecule has 1 atom stereocenters. The van der Waals surface area contributed by atoms with Gasteiger partial charge in [-0.05, 0) is 71.1 Å². The Morgan fingerprint density at radius 2 is 1.72 bits per heavy atom. The molecule has 5 nitrogen and oxygen atoms in total. The number of carbonyl (C=O) groups excluding carboxylic acids is 1. The Hall–Kier alpha value is -4.54. The van der Waals surface area contributed by atoms with E-state index in [-0.39, 0.29) is 12.5 Å². The van der Waals surface area contributed by atoms with Crippen molar-refractivity contribution in [1.82, 2.24) is 9.88 Å². The van der Waals surface area contributed by atoms with Crippen LogP contribution in [0, 0.1) is 23.0 Å². The Morgan fingerprint density at radius 3 is 2.36 bits per heavy atom. The maximum absolute atomic E-state index is 14.1. The van der Waals surface area contributed by atoms with E-state index in [1.807, 2.05) is 24.3 Å². The molecule has 194 valence electrons. The molecular weight excluding hydrogens is 520 g/mol. The van der Waals surface area contributed by atoms with E-state index in [1.165, 1.54) is 12.3 Å². The van der Waals surface area contributed by atoms with Crippen LogP contribution in [0.5, 0.6) is 5.88 Å². The van der Waals surface area contributed by atoms with Crippen LogP contribution in [0.2, 0.25) is 5.02 Å². The van der Waals surface area contributed by atoms with Gasteiger partial charge in [0, 0.05) is 36.8 Å². The third kappa shape index (κ3) is 5.97. The van der Waals surface area contributed by atoms with Crippen LogP contribution in [-0.2, 0) is 0 Å². The summed E-state index contributed by atoms with van der Waals surface area (Å²) in [5.41, 5.74) is 4.33. The monoisotopic (exact) mass is 541 g/mol. The molecule has 1 aliphatic heterocycles. The molecule has 4 aromatic rings. The normalized spacial score (nSPS) is 16.1. The van der Waals surface area contributed by atoms with Gasteiger partial charge in [0.25, 0.3) is 5.91 Å². The predicted molar refractivity (Wildman–Crippen MR) is 144 cm³/mol. The number of pyridine rings is 1. The van der Waals surface area contributed by atoms with E-state index in [0.717, 1.165) is 28.8 Å². The van der Waals surface area contributed by atoms with Gasteiger partial charge in [-0.3, -0.25) is 4.79 Å². The van der Waals surface area contributed by atoms with Crippen LogP contribution in [0.1, 0.15) is 33.8 Å². The third-order valence-electron chi connectivity index (χ3n) is 6.66. The first-order valence-corrected chi connectivity index (χ1v) is 12.6. The van der Waals surface area contributed by atoms with E-state index in [4.69, 9.17) is 21.6 Å². The minimum atomic E-state index is -0.950. The number of carbonyl (C=O) groups is 1. The molecule has 8 heteroatoms. The number of benzene rings is 3. The van der Waals surface area contributed by atoms with Crippen LogP contribution in [0.25, 0.3) is 11.1 Å². The van der Waals surface area contributed by atoms with Crippen LogP contribution in [0.4, 0.5) is 8.78 Å². The van der Waals surface area contributed by atoms with Crippen LogP contribution in [0.15, 0.2) is 96.9 Å². The molecular formula is C31H22ClF2N3O2. The van der Waals surface area contributed by atoms with Crippen molar-refractivity contribution in [3.8, 4) is 23.1 Å². The molecule has 2 heterocycles. The summed E-state index contributed by atoms with van der Waals surface area (Å²) in [5.74, 6) is -2.10. The maximum Gasteiger partial charge on any atom is 0.253 e.